The van der Waals surface area contributed by atoms with Gasteiger partial charge in [0.2, 0.25) is 0 Å². The maximum absolute atomic E-state index is 12.9. The van der Waals surface area contributed by atoms with E-state index in [1.54, 1.807) is 18.7 Å². The van der Waals surface area contributed by atoms with Crippen LogP contribution < -0.4 is 4.90 Å². The molecule has 0 fully saturated rings. The van der Waals surface area contributed by atoms with Gasteiger partial charge in [-0.1, -0.05) is 36.4 Å². The van der Waals surface area contributed by atoms with Crippen LogP contribution in [0.5, 0.6) is 0 Å². The second-order valence-electron chi connectivity index (χ2n) is 6.68. The molecule has 1 heterocycles. The van der Waals surface area contributed by atoms with Crippen LogP contribution in [0.4, 0.5) is 5.69 Å². The molecular formula is C23H24N2O3. The van der Waals surface area contributed by atoms with E-state index >= 15 is 0 Å². The first-order chi connectivity index (χ1) is 13.4. The number of likely N-dealkylation sites (N-methyl/N-ethyl adjacent to an activating group) is 1. The molecule has 28 heavy (non-hydrogen) atoms. The fourth-order valence-corrected chi connectivity index (χ4v) is 3.39. The molecule has 0 saturated carbocycles. The lowest BCUT2D eigenvalue weighted by Gasteiger charge is -2.24. The van der Waals surface area contributed by atoms with Crippen molar-refractivity contribution >= 4 is 28.5 Å². The van der Waals surface area contributed by atoms with Gasteiger partial charge in [-0.15, -0.1) is 0 Å². The Morgan fingerprint density at radius 1 is 1.04 bits per heavy atom. The summed E-state index contributed by atoms with van der Waals surface area (Å²) in [6, 6.07) is 17.0. The number of aromatic nitrogens is 1. The number of benzene rings is 2. The third kappa shape index (κ3) is 3.74. The summed E-state index contributed by atoms with van der Waals surface area (Å²) < 4.78 is 5.54. The summed E-state index contributed by atoms with van der Waals surface area (Å²) in [5, 5.41) is 0.901. The highest BCUT2D eigenvalue weighted by molar-refractivity contribution is 6.01. The van der Waals surface area contributed by atoms with Gasteiger partial charge in [0.25, 0.3) is 5.91 Å². The number of hydrogen-bond donors (Lipinski definition) is 0. The van der Waals surface area contributed by atoms with Gasteiger partial charge in [-0.25, -0.2) is 4.79 Å². The van der Waals surface area contributed by atoms with Crippen LogP contribution in [0.2, 0.25) is 0 Å². The highest BCUT2D eigenvalue weighted by Crippen LogP contribution is 2.24. The molecule has 5 heteroatoms. The zero-order valence-corrected chi connectivity index (χ0v) is 16.6. The van der Waals surface area contributed by atoms with Gasteiger partial charge >= 0.3 is 5.97 Å². The Bertz CT molecular complexity index is 1020. The smallest absolute Gasteiger partial charge is 0.341 e. The Hall–Kier alpha value is -3.21. The minimum absolute atomic E-state index is 0.258. The largest absolute Gasteiger partial charge is 0.449 e. The molecule has 0 N–H and O–H groups in total. The number of nitrogens with zero attached hydrogens (tertiary/aromatic N) is 2. The third-order valence-corrected chi connectivity index (χ3v) is 4.82. The van der Waals surface area contributed by atoms with Gasteiger partial charge in [0, 0.05) is 17.6 Å². The predicted octanol–water partition coefficient (Wildman–Crippen LogP) is 4.45. The van der Waals surface area contributed by atoms with Gasteiger partial charge in [0.05, 0.1) is 16.8 Å². The van der Waals surface area contributed by atoms with E-state index in [-0.39, 0.29) is 5.91 Å². The van der Waals surface area contributed by atoms with Gasteiger partial charge in [0.1, 0.15) is 0 Å². The maximum Gasteiger partial charge on any atom is 0.341 e. The topological polar surface area (TPSA) is 59.5 Å². The van der Waals surface area contributed by atoms with Crippen LogP contribution in [-0.2, 0) is 9.53 Å². The van der Waals surface area contributed by atoms with Crippen molar-refractivity contribution in [1.82, 2.24) is 4.98 Å². The molecule has 1 amide bonds. The number of rotatable bonds is 5. The second kappa shape index (κ2) is 8.21. The van der Waals surface area contributed by atoms with Gasteiger partial charge < -0.3 is 9.64 Å². The van der Waals surface area contributed by atoms with Crippen LogP contribution in [-0.4, -0.2) is 29.5 Å². The zero-order valence-electron chi connectivity index (χ0n) is 16.6. The maximum atomic E-state index is 12.9. The zero-order chi connectivity index (χ0) is 20.3. The second-order valence-corrected chi connectivity index (χ2v) is 6.68. The summed E-state index contributed by atoms with van der Waals surface area (Å²) in [5.74, 6) is -0.788. The molecule has 0 unspecified atom stereocenters. The lowest BCUT2D eigenvalue weighted by atomic mass is 10.0. The van der Waals surface area contributed by atoms with E-state index in [4.69, 9.17) is 4.74 Å². The molecule has 0 spiro atoms. The van der Waals surface area contributed by atoms with Crippen LogP contribution in [0, 0.1) is 13.8 Å². The molecule has 5 nitrogen and oxygen atoms in total. The van der Waals surface area contributed by atoms with Crippen molar-refractivity contribution in [3.63, 3.8) is 0 Å². The summed E-state index contributed by atoms with van der Waals surface area (Å²) in [6.07, 6.45) is -0.905. The van der Waals surface area contributed by atoms with Crippen molar-refractivity contribution in [2.75, 3.05) is 11.4 Å². The minimum Gasteiger partial charge on any atom is -0.449 e. The number of carbonyl (C=O) groups excluding carboxylic acids is 2. The van der Waals surface area contributed by atoms with Crippen molar-refractivity contribution in [3.8, 4) is 0 Å². The Morgan fingerprint density at radius 2 is 1.68 bits per heavy atom. The molecule has 0 saturated heterocycles. The van der Waals surface area contributed by atoms with E-state index in [1.165, 1.54) is 0 Å². The van der Waals surface area contributed by atoms with Crippen molar-refractivity contribution in [1.29, 1.82) is 0 Å². The molecular weight excluding hydrogens is 352 g/mol. The molecule has 0 aliphatic heterocycles. The van der Waals surface area contributed by atoms with E-state index < -0.39 is 12.1 Å². The first-order valence-corrected chi connectivity index (χ1v) is 9.37. The van der Waals surface area contributed by atoms with E-state index in [0.29, 0.717) is 17.8 Å². The van der Waals surface area contributed by atoms with Crippen LogP contribution in [0.3, 0.4) is 0 Å². The summed E-state index contributed by atoms with van der Waals surface area (Å²) in [7, 11) is 0. The molecule has 3 rings (SSSR count). The Morgan fingerprint density at radius 3 is 2.36 bits per heavy atom. The average Bonchev–Trinajstić information content (AvgIpc) is 2.69. The monoisotopic (exact) mass is 376 g/mol. The van der Waals surface area contributed by atoms with Crippen LogP contribution in [0.1, 0.15) is 35.5 Å². The first-order valence-electron chi connectivity index (χ1n) is 9.37. The van der Waals surface area contributed by atoms with Crippen molar-refractivity contribution in [3.05, 3.63) is 71.4 Å². The lowest BCUT2D eigenvalue weighted by molar-refractivity contribution is -0.126. The van der Waals surface area contributed by atoms with Crippen molar-refractivity contribution in [2.24, 2.45) is 0 Å². The van der Waals surface area contributed by atoms with E-state index in [0.717, 1.165) is 22.2 Å². The van der Waals surface area contributed by atoms with Crippen LogP contribution in [0.25, 0.3) is 10.9 Å². The van der Waals surface area contributed by atoms with E-state index in [2.05, 4.69) is 4.98 Å². The number of fused-ring (bicyclic) bond motifs is 1. The normalized spacial score (nSPS) is 11.9. The Labute approximate surface area is 165 Å². The number of carbonyl (C=O) groups is 2. The molecule has 3 aromatic rings. The van der Waals surface area contributed by atoms with Crippen molar-refractivity contribution in [2.45, 2.75) is 33.8 Å². The quantitative estimate of drug-likeness (QED) is 0.617. The summed E-state index contributed by atoms with van der Waals surface area (Å²) in [6.45, 7) is 7.64. The number of amides is 1. The number of hydrogen-bond acceptors (Lipinski definition) is 4. The van der Waals surface area contributed by atoms with Gasteiger partial charge in [-0.05, 0) is 51.5 Å². The van der Waals surface area contributed by atoms with Gasteiger partial charge in [-0.3, -0.25) is 9.78 Å². The Balaban J connectivity index is 1.84. The first kappa shape index (κ1) is 19.5. The number of aryl methyl sites for hydroxylation is 2. The number of anilines is 1. The molecule has 144 valence electrons. The minimum atomic E-state index is -0.905. The SMILES string of the molecule is CCN(C(=O)[C@@H](C)OC(=O)c1c(C)nc2ccccc2c1C)c1ccccc1. The number of para-hydroxylation sites is 2. The molecule has 1 atom stereocenters. The fourth-order valence-electron chi connectivity index (χ4n) is 3.39. The highest BCUT2D eigenvalue weighted by Gasteiger charge is 2.26. The van der Waals surface area contributed by atoms with Crippen LogP contribution in [0.15, 0.2) is 54.6 Å². The molecule has 0 aliphatic carbocycles. The lowest BCUT2D eigenvalue weighted by Crippen LogP contribution is -2.40. The van der Waals surface area contributed by atoms with Crippen LogP contribution >= 0.6 is 0 Å². The Kier molecular flexibility index (Phi) is 5.73. The average molecular weight is 376 g/mol. The standard InChI is InChI=1S/C23H24N2O3/c1-5-25(18-11-7-6-8-12-18)22(26)17(4)28-23(27)21-15(2)19-13-9-10-14-20(19)24-16(21)3/h6-14,17H,5H2,1-4H3/t17-/m1/s1. The third-order valence-electron chi connectivity index (χ3n) is 4.82. The predicted molar refractivity (Wildman–Crippen MR) is 111 cm³/mol. The van der Waals surface area contributed by atoms with Gasteiger partial charge in [0.15, 0.2) is 6.10 Å². The van der Waals surface area contributed by atoms with E-state index in [9.17, 15) is 9.59 Å². The number of ether oxygens (including phenoxy) is 1. The molecule has 0 aliphatic rings. The van der Waals surface area contributed by atoms with E-state index in [1.807, 2.05) is 68.4 Å². The molecule has 0 radical (unpaired) electrons. The highest BCUT2D eigenvalue weighted by atomic mass is 16.5. The summed E-state index contributed by atoms with van der Waals surface area (Å²) in [5.41, 5.74) is 3.43. The fraction of sp³-hybridized carbons (Fsp3) is 0.261. The number of esters is 1. The summed E-state index contributed by atoms with van der Waals surface area (Å²) >= 11 is 0. The molecule has 1 aromatic heterocycles. The number of pyridine rings is 1. The van der Waals surface area contributed by atoms with Crippen molar-refractivity contribution < 1.29 is 14.3 Å². The van der Waals surface area contributed by atoms with Gasteiger partial charge in [-0.2, -0.15) is 0 Å². The summed E-state index contributed by atoms with van der Waals surface area (Å²) in [4.78, 5) is 31.8. The molecule has 0 bridgehead atoms. The molecule has 2 aromatic carbocycles.